The maximum atomic E-state index is 13.4. The lowest BCUT2D eigenvalue weighted by Crippen LogP contribution is -2.43. The summed E-state index contributed by atoms with van der Waals surface area (Å²) in [5.41, 5.74) is 0.649. The highest BCUT2D eigenvalue weighted by atomic mass is 32.1. The third kappa shape index (κ3) is 3.53. The van der Waals surface area contributed by atoms with E-state index in [1.54, 1.807) is 18.3 Å². The molecule has 2 fully saturated rings. The highest BCUT2D eigenvalue weighted by Crippen LogP contribution is 2.37. The molecule has 3 heterocycles. The number of fused-ring (bicyclic) bond motifs is 1. The van der Waals surface area contributed by atoms with Crippen molar-refractivity contribution in [3.63, 3.8) is 0 Å². The molecule has 2 atom stereocenters. The van der Waals surface area contributed by atoms with Gasteiger partial charge < -0.3 is 10.1 Å². The normalized spacial score (nSPS) is 23.8. The average molecular weight is 451 g/mol. The Morgan fingerprint density at radius 2 is 1.97 bits per heavy atom. The molecule has 0 aliphatic carbocycles. The summed E-state index contributed by atoms with van der Waals surface area (Å²) < 4.78 is 6.66. The van der Waals surface area contributed by atoms with Gasteiger partial charge >= 0.3 is 6.03 Å². The van der Waals surface area contributed by atoms with Crippen molar-refractivity contribution in [2.45, 2.75) is 38.3 Å². The van der Waals surface area contributed by atoms with Gasteiger partial charge in [-0.2, -0.15) is 0 Å². The number of ether oxygens (including phenoxy) is 1. The van der Waals surface area contributed by atoms with E-state index in [2.05, 4.69) is 16.3 Å². The van der Waals surface area contributed by atoms with Crippen LogP contribution in [0.25, 0.3) is 10.2 Å². The maximum absolute atomic E-state index is 13.4. The molecule has 2 saturated heterocycles. The Morgan fingerprint density at radius 3 is 2.72 bits per heavy atom. The number of hydrogen-bond acceptors (Lipinski definition) is 6. The number of carbonyl (C=O) groups excluding carboxylic acids is 2. The Bertz CT molecular complexity index is 1130. The first kappa shape index (κ1) is 20.9. The third-order valence-electron chi connectivity index (χ3n) is 6.30. The summed E-state index contributed by atoms with van der Waals surface area (Å²) in [5, 5.41) is 3.95. The van der Waals surface area contributed by atoms with Crippen LogP contribution in [0.15, 0.2) is 48.5 Å². The number of nitrogens with one attached hydrogen (secondary N) is 1. The lowest BCUT2D eigenvalue weighted by Gasteiger charge is -2.27. The number of urea groups is 1. The van der Waals surface area contributed by atoms with Crippen molar-refractivity contribution in [1.82, 2.24) is 20.1 Å². The van der Waals surface area contributed by atoms with Crippen LogP contribution >= 0.6 is 11.3 Å². The van der Waals surface area contributed by atoms with E-state index in [1.165, 1.54) is 4.90 Å². The number of carbonyl (C=O) groups is 2. The van der Waals surface area contributed by atoms with Crippen LogP contribution in [0, 0.1) is 0 Å². The predicted octanol–water partition coefficient (Wildman–Crippen LogP) is 4.26. The van der Waals surface area contributed by atoms with Gasteiger partial charge in [0.25, 0.3) is 5.91 Å². The molecule has 2 aromatic carbocycles. The predicted molar refractivity (Wildman–Crippen MR) is 124 cm³/mol. The number of para-hydroxylation sites is 1. The third-order valence-corrected chi connectivity index (χ3v) is 7.44. The highest BCUT2D eigenvalue weighted by molar-refractivity contribution is 7.18. The van der Waals surface area contributed by atoms with Crippen LogP contribution in [0.2, 0.25) is 0 Å². The van der Waals surface area contributed by atoms with Crippen LogP contribution in [0.1, 0.15) is 43.3 Å². The first-order chi connectivity index (χ1) is 15.5. The van der Waals surface area contributed by atoms with Crippen molar-refractivity contribution < 1.29 is 14.3 Å². The summed E-state index contributed by atoms with van der Waals surface area (Å²) in [5.74, 6) is 0.505. The summed E-state index contributed by atoms with van der Waals surface area (Å²) in [6.07, 6.45) is 1.99. The van der Waals surface area contributed by atoms with Crippen molar-refractivity contribution in [2.24, 2.45) is 0 Å². The second kappa shape index (κ2) is 8.18. The molecule has 2 aliphatic heterocycles. The van der Waals surface area contributed by atoms with Crippen molar-refractivity contribution in [3.05, 3.63) is 59.1 Å². The molecule has 3 aromatic rings. The topological polar surface area (TPSA) is 74.8 Å². The molecule has 0 spiro atoms. The molecule has 2 aliphatic rings. The minimum absolute atomic E-state index is 0.116. The number of amides is 3. The number of imide groups is 1. The average Bonchev–Trinajstić information content (AvgIpc) is 3.48. The van der Waals surface area contributed by atoms with Gasteiger partial charge in [-0.05, 0) is 56.5 Å². The quantitative estimate of drug-likeness (QED) is 0.568. The molecule has 32 heavy (non-hydrogen) atoms. The highest BCUT2D eigenvalue weighted by Gasteiger charge is 2.50. The molecule has 7 nitrogen and oxygen atoms in total. The summed E-state index contributed by atoms with van der Waals surface area (Å²) in [7, 11) is 0. The Hall–Kier alpha value is -2.97. The molecule has 8 heteroatoms. The lowest BCUT2D eigenvalue weighted by atomic mass is 9.92. The Balaban J connectivity index is 1.35. The van der Waals surface area contributed by atoms with E-state index in [9.17, 15) is 9.59 Å². The standard InChI is InChI=1S/C24H26N4O3S/c1-3-31-17-12-10-16(11-13-17)24(2)22(29)28(23(30)26-24)15-27-14-6-8-19(27)21-25-18-7-4-5-9-20(18)32-21/h4-5,7,9-13,19H,3,6,8,14-15H2,1-2H3,(H,26,30)/t19-,24+/m1/s1. The lowest BCUT2D eigenvalue weighted by molar-refractivity contribution is -0.132. The van der Waals surface area contributed by atoms with Gasteiger partial charge in [0, 0.05) is 6.54 Å². The van der Waals surface area contributed by atoms with E-state index in [0.29, 0.717) is 6.61 Å². The van der Waals surface area contributed by atoms with Crippen LogP contribution in [-0.2, 0) is 10.3 Å². The number of nitrogens with zero attached hydrogens (tertiary/aromatic N) is 3. The van der Waals surface area contributed by atoms with Crippen molar-refractivity contribution in [3.8, 4) is 5.75 Å². The number of benzene rings is 2. The second-order valence-corrected chi connectivity index (χ2v) is 9.44. The smallest absolute Gasteiger partial charge is 0.326 e. The molecule has 0 unspecified atom stereocenters. The SMILES string of the molecule is CCOc1ccc([C@]2(C)NC(=O)N(CN3CCC[C@@H]3c3nc4ccccc4s3)C2=O)cc1. The Kier molecular flexibility index (Phi) is 5.35. The molecule has 0 radical (unpaired) electrons. The molecular weight excluding hydrogens is 424 g/mol. The Labute approximate surface area is 191 Å². The molecule has 0 bridgehead atoms. The van der Waals surface area contributed by atoms with Gasteiger partial charge in [0.05, 0.1) is 29.5 Å². The fourth-order valence-corrected chi connectivity index (χ4v) is 5.70. The summed E-state index contributed by atoms with van der Waals surface area (Å²) in [6, 6.07) is 15.2. The largest absolute Gasteiger partial charge is 0.494 e. The second-order valence-electron chi connectivity index (χ2n) is 8.38. The fraction of sp³-hybridized carbons (Fsp3) is 0.375. The summed E-state index contributed by atoms with van der Waals surface area (Å²) in [4.78, 5) is 34.6. The number of thiazole rings is 1. The van der Waals surface area contributed by atoms with E-state index in [-0.39, 0.29) is 24.6 Å². The summed E-state index contributed by atoms with van der Waals surface area (Å²) in [6.45, 7) is 5.35. The van der Waals surface area contributed by atoms with E-state index < -0.39 is 5.54 Å². The zero-order valence-electron chi connectivity index (χ0n) is 18.2. The first-order valence-electron chi connectivity index (χ1n) is 11.0. The number of hydrogen-bond donors (Lipinski definition) is 1. The van der Waals surface area contributed by atoms with E-state index in [1.807, 2.05) is 49.4 Å². The van der Waals surface area contributed by atoms with Gasteiger partial charge in [0.15, 0.2) is 0 Å². The van der Waals surface area contributed by atoms with Crippen molar-refractivity contribution >= 4 is 33.5 Å². The van der Waals surface area contributed by atoms with E-state index in [0.717, 1.165) is 45.9 Å². The molecule has 1 aromatic heterocycles. The molecule has 0 saturated carbocycles. The number of aromatic nitrogens is 1. The molecule has 3 amide bonds. The van der Waals surface area contributed by atoms with Crippen molar-refractivity contribution in [2.75, 3.05) is 19.8 Å². The number of rotatable bonds is 6. The summed E-state index contributed by atoms with van der Waals surface area (Å²) >= 11 is 1.69. The van der Waals surface area contributed by atoms with Gasteiger partial charge in [-0.15, -0.1) is 11.3 Å². The monoisotopic (exact) mass is 450 g/mol. The molecule has 5 rings (SSSR count). The van der Waals surface area contributed by atoms with Gasteiger partial charge in [-0.1, -0.05) is 24.3 Å². The number of likely N-dealkylation sites (tertiary alicyclic amines) is 1. The molecule has 166 valence electrons. The zero-order valence-corrected chi connectivity index (χ0v) is 19.0. The van der Waals surface area contributed by atoms with Crippen LogP contribution in [0.5, 0.6) is 5.75 Å². The molecule has 1 N–H and O–H groups in total. The fourth-order valence-electron chi connectivity index (χ4n) is 4.56. The van der Waals surface area contributed by atoms with Crippen molar-refractivity contribution in [1.29, 1.82) is 0 Å². The van der Waals surface area contributed by atoms with Gasteiger partial charge in [-0.3, -0.25) is 9.69 Å². The van der Waals surface area contributed by atoms with Gasteiger partial charge in [0.1, 0.15) is 16.3 Å². The van der Waals surface area contributed by atoms with Crippen LogP contribution < -0.4 is 10.1 Å². The van der Waals surface area contributed by atoms with Crippen LogP contribution in [0.3, 0.4) is 0 Å². The van der Waals surface area contributed by atoms with Gasteiger partial charge in [-0.25, -0.2) is 14.7 Å². The van der Waals surface area contributed by atoms with Crippen LogP contribution in [0.4, 0.5) is 4.79 Å². The van der Waals surface area contributed by atoms with Crippen LogP contribution in [-0.4, -0.2) is 46.5 Å². The van der Waals surface area contributed by atoms with Gasteiger partial charge in [0.2, 0.25) is 0 Å². The molecular formula is C24H26N4O3S. The maximum Gasteiger partial charge on any atom is 0.326 e. The minimum Gasteiger partial charge on any atom is -0.494 e. The first-order valence-corrected chi connectivity index (χ1v) is 11.8. The van der Waals surface area contributed by atoms with E-state index >= 15 is 0 Å². The minimum atomic E-state index is -1.09. The van der Waals surface area contributed by atoms with E-state index in [4.69, 9.17) is 9.72 Å². The Morgan fingerprint density at radius 1 is 1.19 bits per heavy atom. The zero-order chi connectivity index (χ0) is 22.3.